The molecule has 0 heterocycles. The number of unbranched alkanes of at least 4 members (excludes halogenated alkanes) is 1. The van der Waals surface area contributed by atoms with Crippen molar-refractivity contribution in [2.75, 3.05) is 13.2 Å². The Hall–Kier alpha value is -3.12. The van der Waals surface area contributed by atoms with Crippen molar-refractivity contribution in [1.29, 1.82) is 0 Å². The molecule has 1 atom stereocenters. The summed E-state index contributed by atoms with van der Waals surface area (Å²) in [5.74, 6) is 0.206. The SMILES string of the molecule is CCCCNC(=O)C(Cc1ccccc1)N(Cc1cccc(C)c1)C(=O)COc1ccc(C(C)(C)C)cc1Br. The lowest BCUT2D eigenvalue weighted by Crippen LogP contribution is -2.51. The van der Waals surface area contributed by atoms with E-state index in [0.717, 1.165) is 34.0 Å². The van der Waals surface area contributed by atoms with Crippen molar-refractivity contribution in [3.63, 3.8) is 0 Å². The first-order chi connectivity index (χ1) is 18.6. The molecule has 3 aromatic carbocycles. The zero-order chi connectivity index (χ0) is 28.4. The summed E-state index contributed by atoms with van der Waals surface area (Å²) in [6.07, 6.45) is 2.28. The van der Waals surface area contributed by atoms with Crippen molar-refractivity contribution in [3.05, 3.63) is 99.5 Å². The van der Waals surface area contributed by atoms with Crippen molar-refractivity contribution in [2.45, 2.75) is 71.9 Å². The van der Waals surface area contributed by atoms with E-state index < -0.39 is 6.04 Å². The molecule has 3 aromatic rings. The third kappa shape index (κ3) is 9.24. The van der Waals surface area contributed by atoms with Gasteiger partial charge in [-0.3, -0.25) is 9.59 Å². The summed E-state index contributed by atoms with van der Waals surface area (Å²) in [5.41, 5.74) is 4.24. The molecular weight excluding hydrogens is 552 g/mol. The Labute approximate surface area is 242 Å². The van der Waals surface area contributed by atoms with E-state index in [9.17, 15) is 9.59 Å². The van der Waals surface area contributed by atoms with Crippen LogP contribution < -0.4 is 10.1 Å². The maximum absolute atomic E-state index is 13.8. The second kappa shape index (κ2) is 14.3. The number of aryl methyl sites for hydroxylation is 1. The molecule has 0 aliphatic rings. The van der Waals surface area contributed by atoms with Crippen molar-refractivity contribution in [2.24, 2.45) is 0 Å². The van der Waals surface area contributed by atoms with Crippen LogP contribution in [0.2, 0.25) is 0 Å². The number of hydrogen-bond acceptors (Lipinski definition) is 3. The summed E-state index contributed by atoms with van der Waals surface area (Å²) in [5, 5.41) is 3.06. The monoisotopic (exact) mass is 592 g/mol. The highest BCUT2D eigenvalue weighted by Gasteiger charge is 2.30. The van der Waals surface area contributed by atoms with Crippen molar-refractivity contribution in [3.8, 4) is 5.75 Å². The van der Waals surface area contributed by atoms with Crippen LogP contribution in [0.1, 0.15) is 62.8 Å². The van der Waals surface area contributed by atoms with Gasteiger partial charge in [0.05, 0.1) is 4.47 Å². The average Bonchev–Trinajstić information content (AvgIpc) is 2.90. The van der Waals surface area contributed by atoms with E-state index >= 15 is 0 Å². The highest BCUT2D eigenvalue weighted by atomic mass is 79.9. The lowest BCUT2D eigenvalue weighted by molar-refractivity contribution is -0.142. The lowest BCUT2D eigenvalue weighted by atomic mass is 9.87. The molecule has 0 radical (unpaired) electrons. The van der Waals surface area contributed by atoms with Crippen LogP contribution in [0.4, 0.5) is 0 Å². The molecule has 6 heteroatoms. The predicted octanol–water partition coefficient (Wildman–Crippen LogP) is 6.99. The number of nitrogens with one attached hydrogen (secondary N) is 1. The van der Waals surface area contributed by atoms with Gasteiger partial charge in [0, 0.05) is 19.5 Å². The van der Waals surface area contributed by atoms with Crippen molar-refractivity contribution < 1.29 is 14.3 Å². The fraction of sp³-hybridized carbons (Fsp3) is 0.394. The van der Waals surface area contributed by atoms with Crippen LogP contribution in [0.5, 0.6) is 5.75 Å². The predicted molar refractivity (Wildman–Crippen MR) is 162 cm³/mol. The molecule has 3 rings (SSSR count). The van der Waals surface area contributed by atoms with Crippen molar-refractivity contribution in [1.82, 2.24) is 10.2 Å². The highest BCUT2D eigenvalue weighted by Crippen LogP contribution is 2.31. The topological polar surface area (TPSA) is 58.6 Å². The molecule has 0 saturated carbocycles. The first kappa shape index (κ1) is 30.4. The van der Waals surface area contributed by atoms with Crippen molar-refractivity contribution >= 4 is 27.7 Å². The summed E-state index contributed by atoms with van der Waals surface area (Å²) < 4.78 is 6.81. The van der Waals surface area contributed by atoms with Crippen LogP contribution in [0.25, 0.3) is 0 Å². The molecule has 0 saturated heterocycles. The number of carbonyl (C=O) groups excluding carboxylic acids is 2. The van der Waals surface area contributed by atoms with E-state index in [4.69, 9.17) is 4.74 Å². The zero-order valence-electron chi connectivity index (χ0n) is 23.8. The number of rotatable bonds is 12. The maximum atomic E-state index is 13.8. The molecule has 0 aromatic heterocycles. The van der Waals surface area contributed by atoms with Crippen LogP contribution in [-0.2, 0) is 28.0 Å². The van der Waals surface area contributed by atoms with Gasteiger partial charge in [-0.1, -0.05) is 100 Å². The summed E-state index contributed by atoms with van der Waals surface area (Å²) in [6.45, 7) is 11.3. The normalized spacial score (nSPS) is 12.1. The van der Waals surface area contributed by atoms with Crippen LogP contribution in [0.3, 0.4) is 0 Å². The largest absolute Gasteiger partial charge is 0.483 e. The summed E-state index contributed by atoms with van der Waals surface area (Å²) in [7, 11) is 0. The second-order valence-electron chi connectivity index (χ2n) is 11.0. The van der Waals surface area contributed by atoms with Gasteiger partial charge in [-0.2, -0.15) is 0 Å². The van der Waals surface area contributed by atoms with E-state index in [1.54, 1.807) is 4.90 Å². The lowest BCUT2D eigenvalue weighted by Gasteiger charge is -2.31. The Balaban J connectivity index is 1.89. The number of ether oxygens (including phenoxy) is 1. The van der Waals surface area contributed by atoms with Gasteiger partial charge in [0.15, 0.2) is 6.61 Å². The quantitative estimate of drug-likeness (QED) is 0.230. The van der Waals surface area contributed by atoms with Crippen LogP contribution >= 0.6 is 15.9 Å². The van der Waals surface area contributed by atoms with E-state index in [1.807, 2.05) is 73.7 Å². The Morgan fingerprint density at radius 2 is 1.69 bits per heavy atom. The zero-order valence-corrected chi connectivity index (χ0v) is 25.4. The molecular formula is C33H41BrN2O3. The van der Waals surface area contributed by atoms with Gasteiger partial charge in [0.1, 0.15) is 11.8 Å². The summed E-state index contributed by atoms with van der Waals surface area (Å²) in [6, 6.07) is 23.2. The molecule has 5 nitrogen and oxygen atoms in total. The van der Waals surface area contributed by atoms with Crippen LogP contribution in [0.15, 0.2) is 77.3 Å². The Morgan fingerprint density at radius 1 is 0.974 bits per heavy atom. The molecule has 1 N–H and O–H groups in total. The Morgan fingerprint density at radius 3 is 2.33 bits per heavy atom. The van der Waals surface area contributed by atoms with Gasteiger partial charge in [-0.15, -0.1) is 0 Å². The van der Waals surface area contributed by atoms with Gasteiger partial charge in [0.25, 0.3) is 5.91 Å². The standard InChI is InChI=1S/C33H41BrN2O3/c1-6-7-18-35-32(38)29(20-25-13-9-8-10-14-25)36(22-26-15-11-12-24(2)19-26)31(37)23-39-30-17-16-27(21-28(30)34)33(3,4)5/h8-17,19,21,29H,6-7,18,20,22-23H2,1-5H3,(H,35,38). The summed E-state index contributed by atoms with van der Waals surface area (Å²) in [4.78, 5) is 29.0. The van der Waals surface area contributed by atoms with E-state index in [-0.39, 0.29) is 23.8 Å². The van der Waals surface area contributed by atoms with Gasteiger partial charge < -0.3 is 15.0 Å². The molecule has 0 aliphatic carbocycles. The van der Waals surface area contributed by atoms with Crippen LogP contribution in [-0.4, -0.2) is 35.9 Å². The second-order valence-corrected chi connectivity index (χ2v) is 11.9. The van der Waals surface area contributed by atoms with E-state index in [0.29, 0.717) is 25.3 Å². The molecule has 208 valence electrons. The molecule has 0 fully saturated rings. The minimum atomic E-state index is -0.674. The number of halogens is 1. The van der Waals surface area contributed by atoms with E-state index in [1.165, 1.54) is 5.56 Å². The fourth-order valence-corrected chi connectivity index (χ4v) is 4.87. The fourth-order valence-electron chi connectivity index (χ4n) is 4.37. The molecule has 39 heavy (non-hydrogen) atoms. The first-order valence-corrected chi connectivity index (χ1v) is 14.5. The third-order valence-corrected chi connectivity index (χ3v) is 7.30. The van der Waals surface area contributed by atoms with Gasteiger partial charge in [0.2, 0.25) is 5.91 Å². The number of benzene rings is 3. The minimum Gasteiger partial charge on any atom is -0.483 e. The smallest absolute Gasteiger partial charge is 0.261 e. The molecule has 0 bridgehead atoms. The van der Waals surface area contributed by atoms with Gasteiger partial charge >= 0.3 is 0 Å². The van der Waals surface area contributed by atoms with E-state index in [2.05, 4.69) is 55.0 Å². The Bertz CT molecular complexity index is 1240. The molecule has 2 amide bonds. The number of amides is 2. The number of nitrogens with zero attached hydrogens (tertiary/aromatic N) is 1. The number of hydrogen-bond donors (Lipinski definition) is 1. The maximum Gasteiger partial charge on any atom is 0.261 e. The summed E-state index contributed by atoms with van der Waals surface area (Å²) >= 11 is 3.61. The number of carbonyl (C=O) groups is 2. The first-order valence-electron chi connectivity index (χ1n) is 13.7. The average molecular weight is 594 g/mol. The third-order valence-electron chi connectivity index (χ3n) is 6.69. The molecule has 0 spiro atoms. The highest BCUT2D eigenvalue weighted by molar-refractivity contribution is 9.10. The van der Waals surface area contributed by atoms with Gasteiger partial charge in [-0.05, 0) is 63.5 Å². The molecule has 1 unspecified atom stereocenters. The minimum absolute atomic E-state index is 0.00270. The molecule has 0 aliphatic heterocycles. The van der Waals surface area contributed by atoms with Gasteiger partial charge in [-0.25, -0.2) is 0 Å². The Kier molecular flexibility index (Phi) is 11.2. The van der Waals surface area contributed by atoms with Crippen LogP contribution in [0, 0.1) is 6.92 Å².